The molecule has 1 saturated heterocycles. The van der Waals surface area contributed by atoms with Gasteiger partial charge in [-0.25, -0.2) is 10.2 Å². The Hall–Kier alpha value is -6.00. The molecule has 0 spiro atoms. The lowest BCUT2D eigenvalue weighted by Gasteiger charge is -2.42. The quantitative estimate of drug-likeness (QED) is 0.193. The SMILES string of the molecule is CCn1c2c3c4cc(ccc41)-c1cc4cc(c1)NCCN(C(=O)OC(C)(C)C)CC(=O)N(C)[C@@H](C(C)C)C(=O)N[C@@H](C4)C(=O)N1CCC[C@H](N1)C(=O)OCC(C)(C)C3[C@H](OC)c1ncccc1-2. The number of anilines is 1. The number of hydrogen-bond acceptors (Lipinski definition) is 11. The lowest BCUT2D eigenvalue weighted by Crippen LogP contribution is -2.62. The Kier molecular flexibility index (Phi) is 13.2. The van der Waals surface area contributed by atoms with Gasteiger partial charge in [0.15, 0.2) is 0 Å². The van der Waals surface area contributed by atoms with E-state index in [1.807, 2.05) is 38.1 Å². The standard InChI is InChI=1S/C51H66N8O8/c1-11-58-38-17-16-31-26-35(38)40-41(45(65-10)42-34(44(40)58)14-12-18-53-42)51(7,8)28-66-48(63)36-15-13-20-59(55-36)47(62)37-24-30-22-32(31)25-33(23-30)52-19-21-57(49(64)67-50(4,5)6)27-39(60)56(9)43(29(2)3)46(61)54-37/h12,14,16-18,22-23,25-26,29,36-37,41,43,45,52,55H,11,13,15,19-21,24,27-28H2,1-10H3,(H,54,61)/t36-,37-,41?,43-,45-/m0/s1. The molecule has 3 aliphatic heterocycles. The fourth-order valence-corrected chi connectivity index (χ4v) is 10.5. The molecule has 0 radical (unpaired) electrons. The zero-order valence-corrected chi connectivity index (χ0v) is 40.5. The van der Waals surface area contributed by atoms with E-state index in [2.05, 4.69) is 65.7 Å². The number of benzene rings is 2. The smallest absolute Gasteiger partial charge is 0.410 e. The molecule has 4 amide bonds. The number of aromatic nitrogens is 2. The number of pyridine rings is 1. The molecular formula is C51H66N8O8. The topological polar surface area (TPSA) is 177 Å². The molecule has 1 fully saturated rings. The number of ether oxygens (including phenoxy) is 3. The number of rotatable bonds is 3. The van der Waals surface area contributed by atoms with E-state index in [9.17, 15) is 24.0 Å². The van der Waals surface area contributed by atoms with Crippen molar-refractivity contribution in [2.24, 2.45) is 11.3 Å². The second kappa shape index (κ2) is 18.6. The number of methoxy groups -OCH3 is 1. The number of likely N-dealkylation sites (N-methyl/N-ethyl adjacent to an activating group) is 1. The van der Waals surface area contributed by atoms with Gasteiger partial charge in [0.05, 0.1) is 18.0 Å². The Bertz CT molecular complexity index is 2580. The molecule has 2 aromatic heterocycles. The zero-order valence-electron chi connectivity index (χ0n) is 40.5. The summed E-state index contributed by atoms with van der Waals surface area (Å²) in [6.45, 7) is 16.4. The summed E-state index contributed by atoms with van der Waals surface area (Å²) < 4.78 is 20.7. The number of esters is 1. The number of cyclic esters (lactones) is 1. The number of hydrazine groups is 1. The molecule has 1 aliphatic carbocycles. The molecule has 4 aliphatic rings. The minimum Gasteiger partial charge on any atom is -0.464 e. The summed E-state index contributed by atoms with van der Waals surface area (Å²) in [6.07, 6.45) is 1.73. The maximum absolute atomic E-state index is 14.9. The molecule has 3 N–H and O–H groups in total. The van der Waals surface area contributed by atoms with E-state index in [-0.39, 0.29) is 44.5 Å². The summed E-state index contributed by atoms with van der Waals surface area (Å²) in [6, 6.07) is 13.6. The van der Waals surface area contributed by atoms with Gasteiger partial charge in [0.2, 0.25) is 11.8 Å². The van der Waals surface area contributed by atoms with Crippen molar-refractivity contribution >= 4 is 46.4 Å². The minimum atomic E-state index is -1.10. The van der Waals surface area contributed by atoms with Crippen LogP contribution in [-0.4, -0.2) is 125 Å². The predicted octanol–water partition coefficient (Wildman–Crippen LogP) is 6.43. The molecule has 5 heterocycles. The third kappa shape index (κ3) is 9.34. The normalized spacial score (nSPS) is 23.8. The highest BCUT2D eigenvalue weighted by Gasteiger charge is 2.48. The highest BCUT2D eigenvalue weighted by molar-refractivity contribution is 5.97. The van der Waals surface area contributed by atoms with E-state index >= 15 is 0 Å². The summed E-state index contributed by atoms with van der Waals surface area (Å²) in [5.41, 5.74) is 9.92. The summed E-state index contributed by atoms with van der Waals surface area (Å²) in [5, 5.41) is 9.01. The third-order valence-electron chi connectivity index (χ3n) is 13.6. The number of nitrogens with one attached hydrogen (secondary N) is 3. The van der Waals surface area contributed by atoms with Crippen LogP contribution >= 0.6 is 0 Å². The van der Waals surface area contributed by atoms with Crippen molar-refractivity contribution in [2.45, 2.75) is 117 Å². The van der Waals surface area contributed by atoms with Crippen molar-refractivity contribution < 1.29 is 38.2 Å². The van der Waals surface area contributed by atoms with Crippen molar-refractivity contribution in [1.82, 2.24) is 35.1 Å². The molecule has 2 aromatic carbocycles. The van der Waals surface area contributed by atoms with Crippen molar-refractivity contribution in [3.63, 3.8) is 0 Å². The predicted molar refractivity (Wildman–Crippen MR) is 255 cm³/mol. The molecule has 67 heavy (non-hydrogen) atoms. The zero-order chi connectivity index (χ0) is 48.1. The van der Waals surface area contributed by atoms with Gasteiger partial charge in [-0.3, -0.25) is 34.1 Å². The first kappa shape index (κ1) is 47.5. The fraction of sp³-hybridized carbons (Fsp3) is 0.529. The molecule has 16 nitrogen and oxygen atoms in total. The Morgan fingerprint density at radius 2 is 1.79 bits per heavy atom. The van der Waals surface area contributed by atoms with Gasteiger partial charge in [-0.2, -0.15) is 0 Å². The first-order valence-corrected chi connectivity index (χ1v) is 23.6. The van der Waals surface area contributed by atoms with Crippen LogP contribution in [0.4, 0.5) is 10.5 Å². The Labute approximate surface area is 393 Å². The second-order valence-electron chi connectivity index (χ2n) is 20.4. The number of carbonyl (C=O) groups excluding carboxylic acids is 5. The van der Waals surface area contributed by atoms with E-state index in [1.54, 1.807) is 34.1 Å². The summed E-state index contributed by atoms with van der Waals surface area (Å²) >= 11 is 0. The Morgan fingerprint density at radius 3 is 2.51 bits per heavy atom. The number of carbonyl (C=O) groups is 5. The molecule has 16 heteroatoms. The van der Waals surface area contributed by atoms with Crippen LogP contribution < -0.4 is 16.1 Å². The molecule has 4 aromatic rings. The fourth-order valence-electron chi connectivity index (χ4n) is 10.5. The summed E-state index contributed by atoms with van der Waals surface area (Å²) in [7, 11) is 3.24. The molecular weight excluding hydrogens is 853 g/mol. The first-order chi connectivity index (χ1) is 31.8. The Balaban J connectivity index is 1.33. The lowest BCUT2D eigenvalue weighted by atomic mass is 9.67. The maximum Gasteiger partial charge on any atom is 0.410 e. The van der Waals surface area contributed by atoms with E-state index in [4.69, 9.17) is 19.2 Å². The highest BCUT2D eigenvalue weighted by atomic mass is 16.6. The van der Waals surface area contributed by atoms with Crippen LogP contribution in [0.2, 0.25) is 0 Å². The molecule has 5 atom stereocenters. The summed E-state index contributed by atoms with van der Waals surface area (Å²) in [5.74, 6) is -2.56. The van der Waals surface area contributed by atoms with Crippen LogP contribution in [0, 0.1) is 11.3 Å². The van der Waals surface area contributed by atoms with Crippen LogP contribution in [0.5, 0.6) is 0 Å². The van der Waals surface area contributed by atoms with Gasteiger partial charge in [0, 0.05) is 86.4 Å². The Morgan fingerprint density at radius 1 is 1.01 bits per heavy atom. The molecule has 1 unspecified atom stereocenters. The number of hydrogen-bond donors (Lipinski definition) is 3. The first-order valence-electron chi connectivity index (χ1n) is 23.6. The van der Waals surface area contributed by atoms with Gasteiger partial charge in [-0.05, 0) is 105 Å². The number of amides is 4. The average Bonchev–Trinajstić information content (AvgIpc) is 3.61. The average molecular weight is 919 g/mol. The van der Waals surface area contributed by atoms with E-state index in [0.29, 0.717) is 31.6 Å². The van der Waals surface area contributed by atoms with Crippen LogP contribution in [0.25, 0.3) is 33.3 Å². The van der Waals surface area contributed by atoms with Crippen molar-refractivity contribution in [3.8, 4) is 22.4 Å². The van der Waals surface area contributed by atoms with Gasteiger partial charge in [0.1, 0.15) is 36.4 Å². The number of nitrogens with zero attached hydrogens (tertiary/aromatic N) is 5. The third-order valence-corrected chi connectivity index (χ3v) is 13.6. The lowest BCUT2D eigenvalue weighted by molar-refractivity contribution is -0.156. The monoisotopic (exact) mass is 919 g/mol. The van der Waals surface area contributed by atoms with Crippen LogP contribution in [-0.2, 0) is 46.4 Å². The number of fused-ring (bicyclic) bond motifs is 9. The molecule has 8 rings (SSSR count). The largest absolute Gasteiger partial charge is 0.464 e. The van der Waals surface area contributed by atoms with Crippen LogP contribution in [0.15, 0.2) is 54.7 Å². The van der Waals surface area contributed by atoms with E-state index in [0.717, 1.165) is 50.1 Å². The minimum absolute atomic E-state index is 0.0620. The molecule has 358 valence electrons. The van der Waals surface area contributed by atoms with Crippen molar-refractivity contribution in [1.29, 1.82) is 0 Å². The van der Waals surface area contributed by atoms with Crippen LogP contribution in [0.3, 0.4) is 0 Å². The molecule has 8 bridgehead atoms. The van der Waals surface area contributed by atoms with E-state index in [1.165, 1.54) is 21.9 Å². The van der Waals surface area contributed by atoms with Gasteiger partial charge in [0.25, 0.3) is 5.91 Å². The summed E-state index contributed by atoms with van der Waals surface area (Å²) in [4.78, 5) is 78.9. The molecule has 0 saturated carbocycles. The van der Waals surface area contributed by atoms with E-state index < -0.39 is 65.0 Å². The van der Waals surface area contributed by atoms with Crippen molar-refractivity contribution in [3.05, 3.63) is 71.5 Å². The maximum atomic E-state index is 14.9. The highest BCUT2D eigenvalue weighted by Crippen LogP contribution is 2.57. The number of aryl methyl sites for hydroxylation is 1. The second-order valence-corrected chi connectivity index (χ2v) is 20.4. The van der Waals surface area contributed by atoms with Gasteiger partial charge >= 0.3 is 12.1 Å². The van der Waals surface area contributed by atoms with Gasteiger partial charge < -0.3 is 34.3 Å². The van der Waals surface area contributed by atoms with Crippen LogP contribution in [0.1, 0.15) is 97.1 Å². The van der Waals surface area contributed by atoms with Gasteiger partial charge in [-0.15, -0.1) is 0 Å². The van der Waals surface area contributed by atoms with Crippen molar-refractivity contribution in [2.75, 3.05) is 52.3 Å². The van der Waals surface area contributed by atoms with Gasteiger partial charge in [-0.1, -0.05) is 39.8 Å².